The number of hydrogen-bond donors (Lipinski definition) is 3. The predicted molar refractivity (Wildman–Crippen MR) is 117 cm³/mol. The Morgan fingerprint density at radius 2 is 1.62 bits per heavy atom. The molecule has 12 nitrogen and oxygen atoms in total. The SMILES string of the molecule is CCCCCC(=O)N[C@@H](CCC(=O)N[C@@H](CSN=O)C(=O)NCC(=O)OC)C(=O)OCC. The average Bonchev–Trinajstić information content (AvgIpc) is 2.77. The summed E-state index contributed by atoms with van der Waals surface area (Å²) in [5.74, 6) is -3.10. The first-order valence-corrected chi connectivity index (χ1v) is 11.3. The molecule has 0 aromatic heterocycles. The lowest BCUT2D eigenvalue weighted by Crippen LogP contribution is -2.50. The van der Waals surface area contributed by atoms with E-state index in [1.54, 1.807) is 6.92 Å². The maximum absolute atomic E-state index is 12.3. The van der Waals surface area contributed by atoms with Crippen molar-refractivity contribution in [2.75, 3.05) is 26.0 Å². The van der Waals surface area contributed by atoms with Crippen molar-refractivity contribution < 1.29 is 33.4 Å². The van der Waals surface area contributed by atoms with Gasteiger partial charge in [-0.3, -0.25) is 19.2 Å². The number of rotatable bonds is 17. The van der Waals surface area contributed by atoms with Crippen molar-refractivity contribution in [1.82, 2.24) is 16.0 Å². The van der Waals surface area contributed by atoms with Crippen LogP contribution in [0.5, 0.6) is 0 Å². The van der Waals surface area contributed by atoms with E-state index in [0.29, 0.717) is 18.4 Å². The topological polar surface area (TPSA) is 169 Å². The molecule has 0 aliphatic rings. The Bertz CT molecular complexity index is 647. The number of ether oxygens (including phenoxy) is 2. The molecule has 0 heterocycles. The van der Waals surface area contributed by atoms with E-state index in [0.717, 1.165) is 20.0 Å². The highest BCUT2D eigenvalue weighted by molar-refractivity contribution is 7.97. The summed E-state index contributed by atoms with van der Waals surface area (Å²) < 4.78 is 12.0. The van der Waals surface area contributed by atoms with Gasteiger partial charge >= 0.3 is 11.9 Å². The number of nitrogens with zero attached hydrogens (tertiary/aromatic N) is 1. The second-order valence-corrected chi connectivity index (χ2v) is 7.39. The molecular weight excluding hydrogens is 444 g/mol. The Morgan fingerprint density at radius 3 is 2.22 bits per heavy atom. The zero-order valence-corrected chi connectivity index (χ0v) is 19.5. The molecule has 0 unspecified atom stereocenters. The van der Waals surface area contributed by atoms with Crippen LogP contribution in [-0.2, 0) is 33.4 Å². The molecule has 0 saturated carbocycles. The minimum Gasteiger partial charge on any atom is -0.468 e. The number of amides is 3. The van der Waals surface area contributed by atoms with Crippen molar-refractivity contribution in [3.8, 4) is 0 Å². The standard InChI is InChI=1S/C19H32N4O8S/c1-4-6-7-8-15(24)21-13(19(28)31-5-2)9-10-16(25)22-14(12-32-23-29)18(27)20-11-17(26)30-3/h13-14H,4-12H2,1-3H3,(H,20,27)(H,21,24)(H,22,25)/t13-,14-/m0/s1. The van der Waals surface area contributed by atoms with E-state index in [4.69, 9.17) is 4.74 Å². The molecule has 0 rings (SSSR count). The van der Waals surface area contributed by atoms with Crippen LogP contribution in [0.25, 0.3) is 0 Å². The first-order chi connectivity index (χ1) is 15.3. The van der Waals surface area contributed by atoms with E-state index in [2.05, 4.69) is 25.3 Å². The van der Waals surface area contributed by atoms with E-state index >= 15 is 0 Å². The molecule has 0 saturated heterocycles. The van der Waals surface area contributed by atoms with Gasteiger partial charge in [-0.25, -0.2) is 4.79 Å². The summed E-state index contributed by atoms with van der Waals surface area (Å²) in [4.78, 5) is 70.3. The average molecular weight is 477 g/mol. The molecular formula is C19H32N4O8S. The lowest BCUT2D eigenvalue weighted by Gasteiger charge is -2.19. The summed E-state index contributed by atoms with van der Waals surface area (Å²) in [6.45, 7) is 3.34. The second kappa shape index (κ2) is 17.9. The van der Waals surface area contributed by atoms with E-state index in [1.807, 2.05) is 6.92 Å². The lowest BCUT2D eigenvalue weighted by atomic mass is 10.1. The maximum Gasteiger partial charge on any atom is 0.328 e. The van der Waals surface area contributed by atoms with Crippen molar-refractivity contribution in [3.63, 3.8) is 0 Å². The number of carbonyl (C=O) groups excluding carboxylic acids is 5. The van der Waals surface area contributed by atoms with E-state index in [1.165, 1.54) is 0 Å². The van der Waals surface area contributed by atoms with Crippen molar-refractivity contribution in [2.24, 2.45) is 4.58 Å². The molecule has 0 aromatic carbocycles. The van der Waals surface area contributed by atoms with Crippen molar-refractivity contribution in [2.45, 2.75) is 64.5 Å². The van der Waals surface area contributed by atoms with Crippen LogP contribution in [0.1, 0.15) is 52.4 Å². The fourth-order valence-electron chi connectivity index (χ4n) is 2.48. The highest BCUT2D eigenvalue weighted by Gasteiger charge is 2.25. The van der Waals surface area contributed by atoms with Gasteiger partial charge in [-0.2, -0.15) is 0 Å². The second-order valence-electron chi connectivity index (χ2n) is 6.65. The summed E-state index contributed by atoms with van der Waals surface area (Å²) in [6.07, 6.45) is 2.53. The first kappa shape index (κ1) is 29.3. The summed E-state index contributed by atoms with van der Waals surface area (Å²) in [6, 6.07) is -2.15. The fraction of sp³-hybridized carbons (Fsp3) is 0.737. The molecule has 0 aliphatic heterocycles. The maximum atomic E-state index is 12.3. The predicted octanol–water partition coefficient (Wildman–Crippen LogP) is 0.583. The van der Waals surface area contributed by atoms with Crippen LogP contribution in [0.4, 0.5) is 0 Å². The minimum atomic E-state index is -1.14. The normalized spacial score (nSPS) is 12.1. The van der Waals surface area contributed by atoms with E-state index in [-0.39, 0.29) is 37.5 Å². The van der Waals surface area contributed by atoms with Gasteiger partial charge in [0, 0.05) is 35.1 Å². The Hall–Kier alpha value is -2.70. The fourth-order valence-corrected chi connectivity index (χ4v) is 2.92. The van der Waals surface area contributed by atoms with Crippen LogP contribution in [0, 0.1) is 4.91 Å². The highest BCUT2D eigenvalue weighted by atomic mass is 32.2. The molecule has 32 heavy (non-hydrogen) atoms. The highest BCUT2D eigenvalue weighted by Crippen LogP contribution is 2.07. The summed E-state index contributed by atoms with van der Waals surface area (Å²) in [5, 5.41) is 7.29. The van der Waals surface area contributed by atoms with Gasteiger partial charge in [0.15, 0.2) is 0 Å². The quantitative estimate of drug-likeness (QED) is 0.118. The number of nitroso groups, excluding NO2 is 1. The van der Waals surface area contributed by atoms with Gasteiger partial charge in [0.2, 0.25) is 17.7 Å². The van der Waals surface area contributed by atoms with Gasteiger partial charge in [-0.1, -0.05) is 19.8 Å². The molecule has 2 atom stereocenters. The largest absolute Gasteiger partial charge is 0.468 e. The molecule has 13 heteroatoms. The smallest absolute Gasteiger partial charge is 0.328 e. The Morgan fingerprint density at radius 1 is 0.969 bits per heavy atom. The van der Waals surface area contributed by atoms with E-state index < -0.39 is 42.4 Å². The number of hydrogen-bond acceptors (Lipinski definition) is 10. The van der Waals surface area contributed by atoms with Gasteiger partial charge in [0.25, 0.3) is 0 Å². The molecule has 0 aliphatic carbocycles. The van der Waals surface area contributed by atoms with Gasteiger partial charge in [-0.15, -0.1) is 4.91 Å². The summed E-state index contributed by atoms with van der Waals surface area (Å²) in [5.41, 5.74) is 0. The van der Waals surface area contributed by atoms with Crippen molar-refractivity contribution in [3.05, 3.63) is 4.91 Å². The third kappa shape index (κ3) is 13.6. The lowest BCUT2D eigenvalue weighted by molar-refractivity contribution is -0.147. The van der Waals surface area contributed by atoms with Crippen molar-refractivity contribution >= 4 is 41.6 Å². The molecule has 0 fully saturated rings. The first-order valence-electron chi connectivity index (χ1n) is 10.3. The molecule has 0 radical (unpaired) electrons. The minimum absolute atomic E-state index is 0.0419. The molecule has 182 valence electrons. The zero-order valence-electron chi connectivity index (χ0n) is 18.6. The number of carbonyl (C=O) groups is 5. The van der Waals surface area contributed by atoms with Crippen molar-refractivity contribution in [1.29, 1.82) is 0 Å². The molecule has 3 N–H and O–H groups in total. The van der Waals surface area contributed by atoms with Gasteiger partial charge in [0.05, 0.1) is 13.7 Å². The molecule has 0 aromatic rings. The van der Waals surface area contributed by atoms with Crippen LogP contribution in [0.15, 0.2) is 4.58 Å². The van der Waals surface area contributed by atoms with Crippen LogP contribution < -0.4 is 16.0 Å². The third-order valence-corrected chi connectivity index (χ3v) is 4.74. The third-order valence-electron chi connectivity index (χ3n) is 4.15. The zero-order chi connectivity index (χ0) is 24.4. The number of unbranched alkanes of at least 4 members (excludes halogenated alkanes) is 2. The van der Waals surface area contributed by atoms with Crippen LogP contribution in [0.3, 0.4) is 0 Å². The summed E-state index contributed by atoms with van der Waals surface area (Å²) >= 11 is 0.527. The van der Waals surface area contributed by atoms with Crippen LogP contribution in [0.2, 0.25) is 0 Å². The number of nitrogens with one attached hydrogen (secondary N) is 3. The Labute approximate surface area is 191 Å². The Kier molecular flexibility index (Phi) is 16.4. The number of methoxy groups -OCH3 is 1. The van der Waals surface area contributed by atoms with Crippen LogP contribution in [-0.4, -0.2) is 67.8 Å². The van der Waals surface area contributed by atoms with Gasteiger partial charge in [-0.05, 0) is 19.8 Å². The van der Waals surface area contributed by atoms with Gasteiger partial charge in [0.1, 0.15) is 18.6 Å². The molecule has 3 amide bonds. The monoisotopic (exact) mass is 476 g/mol. The Balaban J connectivity index is 4.88. The number of esters is 2. The molecule has 0 spiro atoms. The van der Waals surface area contributed by atoms with Crippen LogP contribution >= 0.6 is 11.9 Å². The van der Waals surface area contributed by atoms with Gasteiger partial charge < -0.3 is 25.4 Å². The van der Waals surface area contributed by atoms with E-state index in [9.17, 15) is 28.9 Å². The molecule has 0 bridgehead atoms. The summed E-state index contributed by atoms with van der Waals surface area (Å²) in [7, 11) is 1.16.